The van der Waals surface area contributed by atoms with Gasteiger partial charge >= 0.3 is 0 Å². The Morgan fingerprint density at radius 3 is 2.65 bits per heavy atom. The predicted molar refractivity (Wildman–Crippen MR) is 71.8 cm³/mol. The van der Waals surface area contributed by atoms with Crippen LogP contribution in [0.5, 0.6) is 0 Å². The lowest BCUT2D eigenvalue weighted by Crippen LogP contribution is -2.63. The van der Waals surface area contributed by atoms with Gasteiger partial charge in [-0.3, -0.25) is 4.79 Å². The molecule has 1 aromatic carbocycles. The van der Waals surface area contributed by atoms with E-state index in [1.165, 1.54) is 13.8 Å². The number of nitrogens with zero attached hydrogens (tertiary/aromatic N) is 1. The molecule has 6 nitrogen and oxygen atoms in total. The van der Waals surface area contributed by atoms with Gasteiger partial charge in [0.2, 0.25) is 15.9 Å². The molecule has 110 valence electrons. The minimum Gasteiger partial charge on any atom is -0.398 e. The number of anilines is 1. The Morgan fingerprint density at radius 2 is 2.05 bits per heavy atom. The molecule has 0 aromatic heterocycles. The van der Waals surface area contributed by atoms with Gasteiger partial charge in [-0.15, -0.1) is 0 Å². The number of nitrogens with two attached hydrogens (primary N) is 1. The SMILES string of the molecule is CC1(C)C(=O)NCCN1S(=O)(=O)c1ccc(F)cc1N. The van der Waals surface area contributed by atoms with Crippen molar-refractivity contribution in [1.82, 2.24) is 9.62 Å². The van der Waals surface area contributed by atoms with Gasteiger partial charge in [-0.25, -0.2) is 12.8 Å². The fourth-order valence-corrected chi connectivity index (χ4v) is 4.02. The van der Waals surface area contributed by atoms with Gasteiger partial charge in [0.1, 0.15) is 16.3 Å². The first-order chi connectivity index (χ1) is 9.17. The average molecular weight is 301 g/mol. The van der Waals surface area contributed by atoms with Crippen LogP contribution in [0.3, 0.4) is 0 Å². The van der Waals surface area contributed by atoms with Crippen molar-refractivity contribution in [2.75, 3.05) is 18.8 Å². The van der Waals surface area contributed by atoms with Gasteiger partial charge < -0.3 is 11.1 Å². The Balaban J connectivity index is 2.52. The molecular weight excluding hydrogens is 285 g/mol. The van der Waals surface area contributed by atoms with Crippen LogP contribution < -0.4 is 11.1 Å². The molecule has 1 heterocycles. The lowest BCUT2D eigenvalue weighted by molar-refractivity contribution is -0.131. The maximum absolute atomic E-state index is 13.0. The minimum atomic E-state index is -3.97. The van der Waals surface area contributed by atoms with Gasteiger partial charge in [0.25, 0.3) is 0 Å². The zero-order chi connectivity index (χ0) is 15.1. The molecule has 0 saturated carbocycles. The number of halogens is 1. The summed E-state index contributed by atoms with van der Waals surface area (Å²) in [5.41, 5.74) is 4.19. The molecule has 1 saturated heterocycles. The zero-order valence-electron chi connectivity index (χ0n) is 11.2. The standard InChI is InChI=1S/C12H16FN3O3S/c1-12(2)11(17)15-5-6-16(12)20(18,19)10-4-3-8(13)7-9(10)14/h3-4,7H,5-6,14H2,1-2H3,(H,15,17). The summed E-state index contributed by atoms with van der Waals surface area (Å²) in [4.78, 5) is 11.6. The summed E-state index contributed by atoms with van der Waals surface area (Å²) in [7, 11) is -3.97. The Bertz CT molecular complexity index is 658. The maximum atomic E-state index is 13.0. The molecule has 0 spiro atoms. The van der Waals surface area contributed by atoms with E-state index in [1.54, 1.807) is 0 Å². The van der Waals surface area contributed by atoms with Crippen molar-refractivity contribution in [2.24, 2.45) is 0 Å². The number of hydrogen-bond acceptors (Lipinski definition) is 4. The van der Waals surface area contributed by atoms with Crippen molar-refractivity contribution in [3.8, 4) is 0 Å². The van der Waals surface area contributed by atoms with Crippen LogP contribution in [0.1, 0.15) is 13.8 Å². The number of benzene rings is 1. The highest BCUT2D eigenvalue weighted by molar-refractivity contribution is 7.89. The lowest BCUT2D eigenvalue weighted by Gasteiger charge is -2.40. The number of nitrogens with one attached hydrogen (secondary N) is 1. The highest BCUT2D eigenvalue weighted by Gasteiger charge is 2.45. The molecule has 8 heteroatoms. The first kappa shape index (κ1) is 14.7. The second kappa shape index (κ2) is 4.71. The van der Waals surface area contributed by atoms with Gasteiger partial charge in [-0.2, -0.15) is 4.31 Å². The molecule has 0 radical (unpaired) electrons. The molecule has 3 N–H and O–H groups in total. The summed E-state index contributed by atoms with van der Waals surface area (Å²) >= 11 is 0. The van der Waals surface area contributed by atoms with E-state index in [0.717, 1.165) is 22.5 Å². The molecule has 0 aliphatic carbocycles. The van der Waals surface area contributed by atoms with Crippen LogP contribution in [0.25, 0.3) is 0 Å². The fraction of sp³-hybridized carbons (Fsp3) is 0.417. The Labute approximate surface area is 116 Å². The van der Waals surface area contributed by atoms with Crippen LogP contribution in [0.2, 0.25) is 0 Å². The smallest absolute Gasteiger partial charge is 0.246 e. The first-order valence-corrected chi connectivity index (χ1v) is 7.47. The summed E-state index contributed by atoms with van der Waals surface area (Å²) < 4.78 is 39.4. The quantitative estimate of drug-likeness (QED) is 0.769. The number of piperazine rings is 1. The summed E-state index contributed by atoms with van der Waals surface area (Å²) in [5, 5.41) is 2.61. The van der Waals surface area contributed by atoms with E-state index < -0.39 is 21.4 Å². The van der Waals surface area contributed by atoms with Crippen LogP contribution in [-0.4, -0.2) is 37.3 Å². The third-order valence-electron chi connectivity index (χ3n) is 3.32. The number of sulfonamides is 1. The lowest BCUT2D eigenvalue weighted by atomic mass is 10.0. The highest BCUT2D eigenvalue weighted by Crippen LogP contribution is 2.29. The van der Waals surface area contributed by atoms with Crippen LogP contribution >= 0.6 is 0 Å². The van der Waals surface area contributed by atoms with Gasteiger partial charge in [0, 0.05) is 13.1 Å². The number of carbonyl (C=O) groups is 1. The zero-order valence-corrected chi connectivity index (χ0v) is 12.0. The number of rotatable bonds is 2. The second-order valence-electron chi connectivity index (χ2n) is 5.07. The minimum absolute atomic E-state index is 0.137. The van der Waals surface area contributed by atoms with E-state index in [9.17, 15) is 17.6 Å². The van der Waals surface area contributed by atoms with E-state index in [1.807, 2.05) is 0 Å². The molecule has 1 fully saturated rings. The van der Waals surface area contributed by atoms with Crippen molar-refractivity contribution >= 4 is 21.6 Å². The van der Waals surface area contributed by atoms with Crippen molar-refractivity contribution < 1.29 is 17.6 Å². The van der Waals surface area contributed by atoms with Crippen molar-refractivity contribution in [2.45, 2.75) is 24.3 Å². The average Bonchev–Trinajstić information content (AvgIpc) is 2.31. The van der Waals surface area contributed by atoms with Gasteiger partial charge in [-0.1, -0.05) is 0 Å². The molecule has 0 unspecified atom stereocenters. The molecule has 20 heavy (non-hydrogen) atoms. The van der Waals surface area contributed by atoms with E-state index in [2.05, 4.69) is 5.32 Å². The number of hydrogen-bond donors (Lipinski definition) is 2. The Hall–Kier alpha value is -1.67. The summed E-state index contributed by atoms with van der Waals surface area (Å²) in [5.74, 6) is -0.995. The number of carbonyl (C=O) groups excluding carboxylic acids is 1. The van der Waals surface area contributed by atoms with E-state index in [-0.39, 0.29) is 29.6 Å². The molecule has 1 aromatic rings. The van der Waals surface area contributed by atoms with E-state index in [0.29, 0.717) is 0 Å². The van der Waals surface area contributed by atoms with Gasteiger partial charge in [-0.05, 0) is 32.0 Å². The van der Waals surface area contributed by atoms with Crippen LogP contribution in [0, 0.1) is 5.82 Å². The van der Waals surface area contributed by atoms with E-state index >= 15 is 0 Å². The number of nitrogen functional groups attached to an aromatic ring is 1. The third kappa shape index (κ3) is 2.25. The summed E-state index contributed by atoms with van der Waals surface area (Å²) in [6.45, 7) is 3.39. The van der Waals surface area contributed by atoms with Crippen molar-refractivity contribution in [3.63, 3.8) is 0 Å². The first-order valence-electron chi connectivity index (χ1n) is 6.03. The molecule has 0 atom stereocenters. The van der Waals surface area contributed by atoms with Gasteiger partial charge in [0.05, 0.1) is 5.69 Å². The van der Waals surface area contributed by atoms with E-state index in [4.69, 9.17) is 5.73 Å². The molecule has 1 aliphatic heterocycles. The van der Waals surface area contributed by atoms with Crippen molar-refractivity contribution in [1.29, 1.82) is 0 Å². The summed E-state index contributed by atoms with van der Waals surface area (Å²) in [6, 6.07) is 3.09. The molecule has 1 aliphatic rings. The largest absolute Gasteiger partial charge is 0.398 e. The van der Waals surface area contributed by atoms with Crippen molar-refractivity contribution in [3.05, 3.63) is 24.0 Å². The predicted octanol–water partition coefficient (Wildman–Crippen LogP) is 0.307. The molecule has 2 rings (SSSR count). The highest BCUT2D eigenvalue weighted by atomic mass is 32.2. The second-order valence-corrected chi connectivity index (χ2v) is 6.90. The Morgan fingerprint density at radius 1 is 1.40 bits per heavy atom. The topological polar surface area (TPSA) is 92.5 Å². The fourth-order valence-electron chi connectivity index (χ4n) is 2.17. The third-order valence-corrected chi connectivity index (χ3v) is 5.47. The molecule has 0 bridgehead atoms. The normalized spacial score (nSPS) is 19.6. The van der Waals surface area contributed by atoms with Crippen LogP contribution in [-0.2, 0) is 14.8 Å². The Kier molecular flexibility index (Phi) is 3.47. The van der Waals surface area contributed by atoms with Crippen LogP contribution in [0.15, 0.2) is 23.1 Å². The molecular formula is C12H16FN3O3S. The molecule has 1 amide bonds. The van der Waals surface area contributed by atoms with Gasteiger partial charge in [0.15, 0.2) is 0 Å². The van der Waals surface area contributed by atoms with Crippen LogP contribution in [0.4, 0.5) is 10.1 Å². The monoisotopic (exact) mass is 301 g/mol. The number of amides is 1. The maximum Gasteiger partial charge on any atom is 0.246 e. The summed E-state index contributed by atoms with van der Waals surface area (Å²) in [6.07, 6.45) is 0.